The molecule has 3 aromatic rings. The highest BCUT2D eigenvalue weighted by Gasteiger charge is 2.14. The van der Waals surface area contributed by atoms with Crippen LogP contribution < -0.4 is 14.8 Å². The molecule has 0 spiro atoms. The summed E-state index contributed by atoms with van der Waals surface area (Å²) in [5.41, 5.74) is 2.80. The highest BCUT2D eigenvalue weighted by molar-refractivity contribution is 9.10. The minimum atomic E-state index is 0.295. The molecule has 0 bridgehead atoms. The highest BCUT2D eigenvalue weighted by Crippen LogP contribution is 2.38. The van der Waals surface area contributed by atoms with E-state index >= 15 is 0 Å². The van der Waals surface area contributed by atoms with E-state index in [0.29, 0.717) is 46.3 Å². The number of anilines is 1. The minimum absolute atomic E-state index is 0.295. The zero-order chi connectivity index (χ0) is 21.7. The van der Waals surface area contributed by atoms with E-state index in [0.717, 1.165) is 25.8 Å². The first kappa shape index (κ1) is 23.6. The maximum Gasteiger partial charge on any atom is 0.175 e. The average molecular weight is 595 g/mol. The Morgan fingerprint density at radius 1 is 0.867 bits per heavy atom. The Balaban J connectivity index is 1.76. The predicted molar refractivity (Wildman–Crippen MR) is 133 cm³/mol. The first-order valence-electron chi connectivity index (χ1n) is 9.08. The van der Waals surface area contributed by atoms with E-state index in [9.17, 15) is 0 Å². The summed E-state index contributed by atoms with van der Waals surface area (Å²) in [6.45, 7) is 3.34. The Bertz CT molecular complexity index is 1050. The zero-order valence-electron chi connectivity index (χ0n) is 15.9. The van der Waals surface area contributed by atoms with Crippen LogP contribution >= 0.6 is 66.7 Å². The third kappa shape index (κ3) is 6.21. The van der Waals surface area contributed by atoms with Crippen molar-refractivity contribution in [3.63, 3.8) is 0 Å². The van der Waals surface area contributed by atoms with Gasteiger partial charge in [0.05, 0.1) is 16.1 Å². The van der Waals surface area contributed by atoms with Gasteiger partial charge in [0.2, 0.25) is 0 Å². The van der Waals surface area contributed by atoms with Gasteiger partial charge in [-0.25, -0.2) is 0 Å². The molecule has 0 aliphatic rings. The SMILES string of the molecule is CCOc1cc(CNc2ccc(Br)c(Cl)c2)cc(Br)c1OCc1ccc(Cl)cc1Cl. The van der Waals surface area contributed by atoms with Gasteiger partial charge < -0.3 is 14.8 Å². The van der Waals surface area contributed by atoms with Crippen molar-refractivity contribution in [2.24, 2.45) is 0 Å². The molecular formula is C22H18Br2Cl3NO2. The maximum absolute atomic E-state index is 6.25. The number of nitrogens with one attached hydrogen (secondary N) is 1. The van der Waals surface area contributed by atoms with Crippen LogP contribution in [0, 0.1) is 0 Å². The smallest absolute Gasteiger partial charge is 0.175 e. The number of hydrogen-bond donors (Lipinski definition) is 1. The number of hydrogen-bond acceptors (Lipinski definition) is 3. The lowest BCUT2D eigenvalue weighted by atomic mass is 10.2. The Morgan fingerprint density at radius 2 is 1.67 bits per heavy atom. The lowest BCUT2D eigenvalue weighted by molar-refractivity contribution is 0.267. The second-order valence-corrected chi connectivity index (χ2v) is 9.30. The second kappa shape index (κ2) is 11.0. The molecule has 0 fully saturated rings. The molecule has 8 heteroatoms. The van der Waals surface area contributed by atoms with Gasteiger partial charge in [-0.2, -0.15) is 0 Å². The molecule has 1 N–H and O–H groups in total. The third-order valence-electron chi connectivity index (χ3n) is 4.17. The molecule has 0 aromatic heterocycles. The number of benzene rings is 3. The van der Waals surface area contributed by atoms with Crippen molar-refractivity contribution >= 4 is 72.4 Å². The van der Waals surface area contributed by atoms with Crippen LogP contribution in [0.3, 0.4) is 0 Å². The van der Waals surface area contributed by atoms with E-state index in [-0.39, 0.29) is 0 Å². The van der Waals surface area contributed by atoms with Crippen molar-refractivity contribution in [1.29, 1.82) is 0 Å². The van der Waals surface area contributed by atoms with Gasteiger partial charge in [0.1, 0.15) is 6.61 Å². The van der Waals surface area contributed by atoms with Crippen LogP contribution in [0.25, 0.3) is 0 Å². The largest absolute Gasteiger partial charge is 0.490 e. The number of rotatable bonds is 8. The van der Waals surface area contributed by atoms with Crippen LogP contribution in [-0.4, -0.2) is 6.61 Å². The normalized spacial score (nSPS) is 10.7. The summed E-state index contributed by atoms with van der Waals surface area (Å²) in [6, 6.07) is 15.0. The topological polar surface area (TPSA) is 30.5 Å². The highest BCUT2D eigenvalue weighted by atomic mass is 79.9. The molecule has 0 saturated heterocycles. The molecule has 3 nitrogen and oxygen atoms in total. The first-order valence-corrected chi connectivity index (χ1v) is 11.8. The van der Waals surface area contributed by atoms with Crippen molar-refractivity contribution in [1.82, 2.24) is 0 Å². The summed E-state index contributed by atoms with van der Waals surface area (Å²) in [6.07, 6.45) is 0. The summed E-state index contributed by atoms with van der Waals surface area (Å²) in [7, 11) is 0. The van der Waals surface area contributed by atoms with Crippen molar-refractivity contribution in [2.75, 3.05) is 11.9 Å². The van der Waals surface area contributed by atoms with Gasteiger partial charge in [0, 0.05) is 32.3 Å². The van der Waals surface area contributed by atoms with Crippen LogP contribution in [0.2, 0.25) is 15.1 Å². The van der Waals surface area contributed by atoms with Crippen LogP contribution in [-0.2, 0) is 13.2 Å². The lowest BCUT2D eigenvalue weighted by Crippen LogP contribution is -2.04. The van der Waals surface area contributed by atoms with Gasteiger partial charge in [-0.15, -0.1) is 0 Å². The molecule has 0 unspecified atom stereocenters. The van der Waals surface area contributed by atoms with Gasteiger partial charge in [0.25, 0.3) is 0 Å². The van der Waals surface area contributed by atoms with E-state index in [4.69, 9.17) is 44.3 Å². The summed E-state index contributed by atoms with van der Waals surface area (Å²) >= 11 is 25.4. The van der Waals surface area contributed by atoms with Gasteiger partial charge in [-0.1, -0.05) is 40.9 Å². The number of ether oxygens (including phenoxy) is 2. The fourth-order valence-electron chi connectivity index (χ4n) is 2.73. The first-order chi connectivity index (χ1) is 14.4. The van der Waals surface area contributed by atoms with Crippen molar-refractivity contribution < 1.29 is 9.47 Å². The Kier molecular flexibility index (Phi) is 8.61. The average Bonchev–Trinajstić information content (AvgIpc) is 2.70. The third-order valence-corrected chi connectivity index (χ3v) is 6.58. The molecule has 3 rings (SSSR count). The molecule has 30 heavy (non-hydrogen) atoms. The van der Waals surface area contributed by atoms with Crippen LogP contribution in [0.15, 0.2) is 57.5 Å². The van der Waals surface area contributed by atoms with Gasteiger partial charge >= 0.3 is 0 Å². The van der Waals surface area contributed by atoms with Gasteiger partial charge in [0.15, 0.2) is 11.5 Å². The summed E-state index contributed by atoms with van der Waals surface area (Å²) in [4.78, 5) is 0. The fraction of sp³-hybridized carbons (Fsp3) is 0.182. The van der Waals surface area contributed by atoms with Crippen LogP contribution in [0.5, 0.6) is 11.5 Å². The van der Waals surface area contributed by atoms with E-state index < -0.39 is 0 Å². The summed E-state index contributed by atoms with van der Waals surface area (Å²) in [5.74, 6) is 1.28. The lowest BCUT2D eigenvalue weighted by Gasteiger charge is -2.16. The number of halogens is 5. The standard InChI is InChI=1S/C22H18Br2Cl3NO2/c1-2-29-21-8-13(11-28-16-5-6-17(23)20(27)10-16)7-18(24)22(21)30-12-14-3-4-15(25)9-19(14)26/h3-10,28H,2,11-12H2,1H3. The van der Waals surface area contributed by atoms with Crippen LogP contribution in [0.4, 0.5) is 5.69 Å². The Hall–Kier alpha value is -1.11. The minimum Gasteiger partial charge on any atom is -0.490 e. The molecule has 0 atom stereocenters. The molecule has 0 saturated carbocycles. The molecule has 0 amide bonds. The monoisotopic (exact) mass is 591 g/mol. The molecule has 0 aliphatic carbocycles. The predicted octanol–water partition coefficient (Wildman–Crippen LogP) is 8.76. The molecule has 3 aromatic carbocycles. The molecular weight excluding hydrogens is 576 g/mol. The molecule has 0 heterocycles. The van der Waals surface area contributed by atoms with Gasteiger partial charge in [-0.3, -0.25) is 0 Å². The van der Waals surface area contributed by atoms with Crippen molar-refractivity contribution in [2.45, 2.75) is 20.1 Å². The van der Waals surface area contributed by atoms with E-state index in [1.54, 1.807) is 12.1 Å². The Morgan fingerprint density at radius 3 is 2.37 bits per heavy atom. The second-order valence-electron chi connectivity index (χ2n) is 6.34. The van der Waals surface area contributed by atoms with E-state index in [1.165, 1.54) is 0 Å². The zero-order valence-corrected chi connectivity index (χ0v) is 21.4. The van der Waals surface area contributed by atoms with Gasteiger partial charge in [-0.05, 0) is 86.8 Å². The van der Waals surface area contributed by atoms with Crippen molar-refractivity contribution in [3.05, 3.63) is 83.7 Å². The quantitative estimate of drug-likeness (QED) is 0.283. The van der Waals surface area contributed by atoms with Crippen molar-refractivity contribution in [3.8, 4) is 11.5 Å². The fourth-order valence-corrected chi connectivity index (χ4v) is 4.22. The molecule has 158 valence electrons. The van der Waals surface area contributed by atoms with Crippen LogP contribution in [0.1, 0.15) is 18.1 Å². The Labute approximate surface area is 207 Å². The van der Waals surface area contributed by atoms with E-state index in [1.807, 2.05) is 43.3 Å². The molecule has 0 aliphatic heterocycles. The summed E-state index contributed by atoms with van der Waals surface area (Å²) in [5, 5.41) is 5.16. The summed E-state index contributed by atoms with van der Waals surface area (Å²) < 4.78 is 13.5. The maximum atomic E-state index is 6.25. The van der Waals surface area contributed by atoms with E-state index in [2.05, 4.69) is 37.2 Å². The molecule has 0 radical (unpaired) electrons.